The predicted octanol–water partition coefficient (Wildman–Crippen LogP) is 2.57. The van der Waals surface area contributed by atoms with Gasteiger partial charge in [-0.25, -0.2) is 0 Å². The number of pyridine rings is 1. The van der Waals surface area contributed by atoms with Gasteiger partial charge in [0.2, 0.25) is 0 Å². The Hall–Kier alpha value is -1.65. The summed E-state index contributed by atoms with van der Waals surface area (Å²) in [7, 11) is 1.95. The number of rotatable bonds is 3. The molecule has 0 radical (unpaired) electrons. The Labute approximate surface area is 126 Å². The summed E-state index contributed by atoms with van der Waals surface area (Å²) in [5, 5.41) is 4.41. The molecule has 1 aromatic carbocycles. The van der Waals surface area contributed by atoms with Crippen LogP contribution in [0.2, 0.25) is 0 Å². The van der Waals surface area contributed by atoms with Crippen LogP contribution in [0.3, 0.4) is 0 Å². The molecule has 3 rings (SSSR count). The maximum Gasteiger partial charge on any atom is 0.0726 e. The fourth-order valence-electron chi connectivity index (χ4n) is 2.96. The summed E-state index contributed by atoms with van der Waals surface area (Å²) in [5.41, 5.74) is 3.41. The molecule has 1 saturated heterocycles. The molecule has 2 aromatic rings. The van der Waals surface area contributed by atoms with E-state index in [-0.39, 0.29) is 6.10 Å². The standard InChI is InChI=1S/C17H23N3O/c1-12-11-21-13(2)10-20(12)17-8-14(9-18-3)19-16-7-5-4-6-15(16)17/h4-8,12-13,18H,9-11H2,1-3H3. The van der Waals surface area contributed by atoms with E-state index in [2.05, 4.69) is 48.3 Å². The third kappa shape index (κ3) is 2.87. The van der Waals surface area contributed by atoms with Crippen LogP contribution in [0.4, 0.5) is 5.69 Å². The molecule has 1 aliphatic heterocycles. The van der Waals surface area contributed by atoms with Gasteiger partial charge in [0.1, 0.15) is 0 Å². The van der Waals surface area contributed by atoms with Gasteiger partial charge in [-0.15, -0.1) is 0 Å². The highest BCUT2D eigenvalue weighted by atomic mass is 16.5. The van der Waals surface area contributed by atoms with Gasteiger partial charge in [0.15, 0.2) is 0 Å². The van der Waals surface area contributed by atoms with Gasteiger partial charge in [-0.2, -0.15) is 0 Å². The molecule has 1 fully saturated rings. The van der Waals surface area contributed by atoms with Crippen LogP contribution in [-0.2, 0) is 11.3 Å². The van der Waals surface area contributed by atoms with Crippen molar-refractivity contribution in [2.45, 2.75) is 32.5 Å². The number of benzene rings is 1. The van der Waals surface area contributed by atoms with Crippen LogP contribution in [0.1, 0.15) is 19.5 Å². The molecular formula is C17H23N3O. The van der Waals surface area contributed by atoms with Crippen molar-refractivity contribution < 1.29 is 4.74 Å². The van der Waals surface area contributed by atoms with Crippen LogP contribution in [0.5, 0.6) is 0 Å². The molecule has 1 aromatic heterocycles. The third-order valence-electron chi connectivity index (χ3n) is 4.02. The highest BCUT2D eigenvalue weighted by Gasteiger charge is 2.25. The summed E-state index contributed by atoms with van der Waals surface area (Å²) in [6.07, 6.45) is 0.265. The van der Waals surface area contributed by atoms with E-state index in [1.54, 1.807) is 0 Å². The first-order valence-corrected chi connectivity index (χ1v) is 7.60. The van der Waals surface area contributed by atoms with Crippen LogP contribution < -0.4 is 10.2 Å². The molecule has 2 atom stereocenters. The molecule has 4 heteroatoms. The van der Waals surface area contributed by atoms with Gasteiger partial charge >= 0.3 is 0 Å². The van der Waals surface area contributed by atoms with Crippen LogP contribution >= 0.6 is 0 Å². The summed E-state index contributed by atoms with van der Waals surface area (Å²) < 4.78 is 5.76. The highest BCUT2D eigenvalue weighted by Crippen LogP contribution is 2.30. The first kappa shape index (κ1) is 14.3. The van der Waals surface area contributed by atoms with Crippen LogP contribution in [-0.4, -0.2) is 37.3 Å². The molecule has 21 heavy (non-hydrogen) atoms. The van der Waals surface area contributed by atoms with E-state index in [0.29, 0.717) is 6.04 Å². The Morgan fingerprint density at radius 3 is 2.95 bits per heavy atom. The molecule has 0 amide bonds. The number of nitrogens with zero attached hydrogens (tertiary/aromatic N) is 2. The largest absolute Gasteiger partial charge is 0.375 e. The predicted molar refractivity (Wildman–Crippen MR) is 86.7 cm³/mol. The molecule has 112 valence electrons. The number of hydrogen-bond donors (Lipinski definition) is 1. The molecule has 0 aliphatic carbocycles. The second-order valence-electron chi connectivity index (χ2n) is 5.83. The van der Waals surface area contributed by atoms with Gasteiger partial charge in [-0.1, -0.05) is 18.2 Å². The molecular weight excluding hydrogens is 262 g/mol. The average molecular weight is 285 g/mol. The van der Waals surface area contributed by atoms with Crippen molar-refractivity contribution in [1.29, 1.82) is 0 Å². The van der Waals surface area contributed by atoms with Crippen molar-refractivity contribution in [3.8, 4) is 0 Å². The molecule has 4 nitrogen and oxygen atoms in total. The summed E-state index contributed by atoms with van der Waals surface area (Å²) in [6.45, 7) is 6.84. The van der Waals surface area contributed by atoms with E-state index in [9.17, 15) is 0 Å². The topological polar surface area (TPSA) is 37.4 Å². The lowest BCUT2D eigenvalue weighted by Gasteiger charge is -2.39. The SMILES string of the molecule is CNCc1cc(N2CC(C)OCC2C)c2ccccc2n1. The normalized spacial score (nSPS) is 22.7. The number of nitrogens with one attached hydrogen (secondary N) is 1. The molecule has 1 N–H and O–H groups in total. The Morgan fingerprint density at radius 2 is 2.14 bits per heavy atom. The molecule has 2 unspecified atom stereocenters. The quantitative estimate of drug-likeness (QED) is 0.940. The lowest BCUT2D eigenvalue weighted by Crippen LogP contribution is -2.47. The highest BCUT2D eigenvalue weighted by molar-refractivity contribution is 5.92. The van der Waals surface area contributed by atoms with Crippen molar-refractivity contribution in [1.82, 2.24) is 10.3 Å². The number of anilines is 1. The maximum atomic E-state index is 5.76. The number of ether oxygens (including phenoxy) is 1. The minimum Gasteiger partial charge on any atom is -0.375 e. The molecule has 1 aliphatic rings. The van der Waals surface area contributed by atoms with Crippen molar-refractivity contribution in [3.05, 3.63) is 36.0 Å². The van der Waals surface area contributed by atoms with Crippen LogP contribution in [0.15, 0.2) is 30.3 Å². The number of aromatic nitrogens is 1. The number of para-hydroxylation sites is 1. The maximum absolute atomic E-state index is 5.76. The molecule has 0 bridgehead atoms. The van der Waals surface area contributed by atoms with E-state index in [0.717, 1.165) is 30.9 Å². The average Bonchev–Trinajstić information content (AvgIpc) is 2.49. The summed E-state index contributed by atoms with van der Waals surface area (Å²) >= 11 is 0. The van der Waals surface area contributed by atoms with E-state index in [4.69, 9.17) is 9.72 Å². The fourth-order valence-corrected chi connectivity index (χ4v) is 2.96. The van der Waals surface area contributed by atoms with E-state index < -0.39 is 0 Å². The van der Waals surface area contributed by atoms with E-state index in [1.165, 1.54) is 11.1 Å². The second kappa shape index (κ2) is 6.00. The number of fused-ring (bicyclic) bond motifs is 1. The minimum absolute atomic E-state index is 0.265. The van der Waals surface area contributed by atoms with Gasteiger partial charge in [0.25, 0.3) is 0 Å². The van der Waals surface area contributed by atoms with Gasteiger partial charge in [0.05, 0.1) is 23.9 Å². The summed E-state index contributed by atoms with van der Waals surface area (Å²) in [4.78, 5) is 7.20. The van der Waals surface area contributed by atoms with Crippen molar-refractivity contribution >= 4 is 16.6 Å². The summed E-state index contributed by atoms with van der Waals surface area (Å²) in [6, 6.07) is 11.0. The lowest BCUT2D eigenvalue weighted by molar-refractivity contribution is 0.0345. The molecule has 0 saturated carbocycles. The lowest BCUT2D eigenvalue weighted by atomic mass is 10.1. The Balaban J connectivity index is 2.10. The first-order chi connectivity index (χ1) is 10.2. The zero-order valence-corrected chi connectivity index (χ0v) is 13.0. The second-order valence-corrected chi connectivity index (χ2v) is 5.83. The van der Waals surface area contributed by atoms with Crippen molar-refractivity contribution in [2.24, 2.45) is 0 Å². The zero-order valence-electron chi connectivity index (χ0n) is 13.0. The van der Waals surface area contributed by atoms with Gasteiger partial charge in [0, 0.05) is 30.2 Å². The molecule has 0 spiro atoms. The van der Waals surface area contributed by atoms with Crippen LogP contribution in [0.25, 0.3) is 10.9 Å². The fraction of sp³-hybridized carbons (Fsp3) is 0.471. The minimum atomic E-state index is 0.265. The van der Waals surface area contributed by atoms with Crippen LogP contribution in [0, 0.1) is 0 Å². The Morgan fingerprint density at radius 1 is 1.33 bits per heavy atom. The van der Waals surface area contributed by atoms with Crippen molar-refractivity contribution in [3.63, 3.8) is 0 Å². The number of hydrogen-bond acceptors (Lipinski definition) is 4. The van der Waals surface area contributed by atoms with Gasteiger partial charge in [-0.3, -0.25) is 4.98 Å². The van der Waals surface area contributed by atoms with Crippen molar-refractivity contribution in [2.75, 3.05) is 25.1 Å². The number of morpholine rings is 1. The monoisotopic (exact) mass is 285 g/mol. The van der Waals surface area contributed by atoms with E-state index >= 15 is 0 Å². The first-order valence-electron chi connectivity index (χ1n) is 7.60. The Kier molecular flexibility index (Phi) is 4.08. The molecule has 2 heterocycles. The zero-order chi connectivity index (χ0) is 14.8. The van der Waals surface area contributed by atoms with Gasteiger partial charge < -0.3 is 15.0 Å². The summed E-state index contributed by atoms with van der Waals surface area (Å²) in [5.74, 6) is 0. The van der Waals surface area contributed by atoms with E-state index in [1.807, 2.05) is 13.1 Å². The Bertz CT molecular complexity index is 628. The smallest absolute Gasteiger partial charge is 0.0726 e. The third-order valence-corrected chi connectivity index (χ3v) is 4.02. The van der Waals surface area contributed by atoms with Gasteiger partial charge in [-0.05, 0) is 33.0 Å².